The number of carbonyl (C=O) groups is 1. The summed E-state index contributed by atoms with van der Waals surface area (Å²) >= 11 is 0. The molecule has 3 aromatic rings. The van der Waals surface area contributed by atoms with Crippen LogP contribution in [0.15, 0.2) is 58.1 Å². The van der Waals surface area contributed by atoms with Crippen molar-refractivity contribution in [3.8, 4) is 5.75 Å². The maximum Gasteiger partial charge on any atom is 0.288 e. The molecule has 0 bridgehead atoms. The largest absolute Gasteiger partial charge is 0.505 e. The molecule has 0 saturated carbocycles. The van der Waals surface area contributed by atoms with Crippen molar-refractivity contribution < 1.29 is 14.6 Å². The lowest BCUT2D eigenvalue weighted by atomic mass is 9.85. The van der Waals surface area contributed by atoms with Crippen molar-refractivity contribution >= 4 is 17.3 Å². The van der Waals surface area contributed by atoms with Gasteiger partial charge >= 0.3 is 0 Å². The van der Waals surface area contributed by atoms with Gasteiger partial charge in [0.05, 0.1) is 24.5 Å². The minimum absolute atomic E-state index is 0.0454. The van der Waals surface area contributed by atoms with Gasteiger partial charge in [-0.1, -0.05) is 50.2 Å². The quantitative estimate of drug-likeness (QED) is 0.437. The van der Waals surface area contributed by atoms with Gasteiger partial charge < -0.3 is 20.1 Å². The van der Waals surface area contributed by atoms with Crippen molar-refractivity contribution in [1.82, 2.24) is 14.7 Å². The average molecular weight is 493 g/mol. The highest BCUT2D eigenvalue weighted by Crippen LogP contribution is 2.32. The van der Waals surface area contributed by atoms with E-state index in [1.54, 1.807) is 23.1 Å². The Morgan fingerprint density at radius 3 is 2.47 bits per heavy atom. The van der Waals surface area contributed by atoms with Crippen LogP contribution in [0, 0.1) is 5.92 Å². The molecule has 2 atom stereocenters. The summed E-state index contributed by atoms with van der Waals surface area (Å²) in [5, 5.41) is 16.5. The molecule has 1 aliphatic rings. The summed E-state index contributed by atoms with van der Waals surface area (Å²) in [5.41, 5.74) is 1.02. The predicted molar refractivity (Wildman–Crippen MR) is 138 cm³/mol. The second-order valence-corrected chi connectivity index (χ2v) is 9.27. The summed E-state index contributed by atoms with van der Waals surface area (Å²) < 4.78 is 6.42. The zero-order valence-corrected chi connectivity index (χ0v) is 20.8. The first-order valence-corrected chi connectivity index (χ1v) is 12.1. The van der Waals surface area contributed by atoms with Crippen molar-refractivity contribution in [3.05, 3.63) is 85.9 Å². The number of phenols is 1. The molecule has 1 unspecified atom stereocenters. The Bertz CT molecular complexity index is 1340. The highest BCUT2D eigenvalue weighted by atomic mass is 16.5. The lowest BCUT2D eigenvalue weighted by molar-refractivity contribution is 0.0301. The number of rotatable bonds is 7. The number of anilines is 2. The number of morpholine rings is 1. The molecule has 36 heavy (non-hydrogen) atoms. The highest BCUT2D eigenvalue weighted by Gasteiger charge is 2.25. The molecule has 9 heteroatoms. The van der Waals surface area contributed by atoms with Gasteiger partial charge in [-0.25, -0.2) is 0 Å². The molecule has 9 nitrogen and oxygen atoms in total. The van der Waals surface area contributed by atoms with Crippen LogP contribution in [0.2, 0.25) is 0 Å². The first kappa shape index (κ1) is 25.2. The minimum Gasteiger partial charge on any atom is -0.505 e. The van der Waals surface area contributed by atoms with Gasteiger partial charge in [0.25, 0.3) is 17.0 Å². The standard InChI is InChI=1S/C27H32N4O5/c1-17(18(2)19-8-5-4-6-9-19)16-21-23(27(35)30(3)29-25(21)33)28-22-11-7-10-20(24(22)32)26(34)31-12-14-36-15-13-31/h4-11,17-18,28,32H,12-16H2,1-3H3,(H,29,33)/t17?,18-/m0/s1. The molecule has 1 aromatic heterocycles. The number of benzene rings is 2. The van der Waals surface area contributed by atoms with E-state index in [0.717, 1.165) is 10.2 Å². The molecule has 1 saturated heterocycles. The SMILES string of the molecule is CC(Cc1c(Nc2cccc(C(=O)N3CCOCC3)c2O)c(=O)n(C)[nH]c1=O)[C@H](C)c1ccccc1. The van der Waals surface area contributed by atoms with Crippen LogP contribution in [0.5, 0.6) is 5.75 Å². The lowest BCUT2D eigenvalue weighted by Crippen LogP contribution is -2.40. The molecule has 2 heterocycles. The van der Waals surface area contributed by atoms with Gasteiger partial charge in [0.15, 0.2) is 5.75 Å². The van der Waals surface area contributed by atoms with Gasteiger partial charge in [0.2, 0.25) is 0 Å². The number of phenolic OH excluding ortho intramolecular Hbond substituents is 1. The van der Waals surface area contributed by atoms with E-state index in [4.69, 9.17) is 4.74 Å². The van der Waals surface area contributed by atoms with Crippen molar-refractivity contribution in [1.29, 1.82) is 0 Å². The number of hydrogen-bond acceptors (Lipinski definition) is 6. The van der Waals surface area contributed by atoms with Crippen LogP contribution in [0.1, 0.15) is 41.3 Å². The Balaban J connectivity index is 1.67. The summed E-state index contributed by atoms with van der Waals surface area (Å²) in [6.45, 7) is 5.89. The van der Waals surface area contributed by atoms with Crippen molar-refractivity contribution in [2.24, 2.45) is 13.0 Å². The number of nitrogens with one attached hydrogen (secondary N) is 2. The summed E-state index contributed by atoms with van der Waals surface area (Å²) in [7, 11) is 1.47. The Morgan fingerprint density at radius 2 is 1.78 bits per heavy atom. The molecule has 0 aliphatic carbocycles. The monoisotopic (exact) mass is 492 g/mol. The Hall–Kier alpha value is -3.85. The van der Waals surface area contributed by atoms with Crippen LogP contribution in [-0.2, 0) is 18.2 Å². The van der Waals surface area contributed by atoms with Crippen molar-refractivity contribution in [3.63, 3.8) is 0 Å². The number of H-pyrrole nitrogens is 1. The first-order valence-electron chi connectivity index (χ1n) is 12.1. The molecule has 0 spiro atoms. The number of aromatic hydroxyl groups is 1. The Kier molecular flexibility index (Phi) is 7.59. The first-order chi connectivity index (χ1) is 17.3. The van der Waals surface area contributed by atoms with E-state index >= 15 is 0 Å². The number of nitrogens with zero attached hydrogens (tertiary/aromatic N) is 2. The van der Waals surface area contributed by atoms with E-state index in [2.05, 4.69) is 17.3 Å². The predicted octanol–water partition coefficient (Wildman–Crippen LogP) is 2.98. The average Bonchev–Trinajstić information content (AvgIpc) is 2.90. The summed E-state index contributed by atoms with van der Waals surface area (Å²) in [6, 6.07) is 14.7. The van der Waals surface area contributed by atoms with Crippen molar-refractivity contribution in [2.75, 3.05) is 31.6 Å². The number of carbonyl (C=O) groups excluding carboxylic acids is 1. The van der Waals surface area contributed by atoms with E-state index in [1.807, 2.05) is 37.3 Å². The second kappa shape index (κ2) is 10.8. The van der Waals surface area contributed by atoms with Crippen LogP contribution in [0.3, 0.4) is 0 Å². The highest BCUT2D eigenvalue weighted by molar-refractivity contribution is 5.99. The molecule has 1 amide bonds. The molecule has 190 valence electrons. The van der Waals surface area contributed by atoms with Crippen LogP contribution in [0.4, 0.5) is 11.4 Å². The van der Waals surface area contributed by atoms with E-state index in [9.17, 15) is 19.5 Å². The fraction of sp³-hybridized carbons (Fsp3) is 0.370. The van der Waals surface area contributed by atoms with Gasteiger partial charge in [-0.15, -0.1) is 0 Å². The maximum absolute atomic E-state index is 13.1. The van der Waals surface area contributed by atoms with Crippen molar-refractivity contribution in [2.45, 2.75) is 26.2 Å². The van der Waals surface area contributed by atoms with Gasteiger partial charge in [0.1, 0.15) is 5.69 Å². The van der Waals surface area contributed by atoms with E-state index in [0.29, 0.717) is 38.3 Å². The van der Waals surface area contributed by atoms with Gasteiger partial charge in [-0.2, -0.15) is 0 Å². The molecule has 4 rings (SSSR count). The smallest absolute Gasteiger partial charge is 0.288 e. The minimum atomic E-state index is -0.437. The molecular weight excluding hydrogens is 460 g/mol. The van der Waals surface area contributed by atoms with Crippen LogP contribution >= 0.6 is 0 Å². The molecule has 3 N–H and O–H groups in total. The third kappa shape index (κ3) is 5.21. The number of aromatic amines is 1. The van der Waals surface area contributed by atoms with Crippen LogP contribution in [0.25, 0.3) is 0 Å². The maximum atomic E-state index is 13.1. The van der Waals surface area contributed by atoms with Gasteiger partial charge in [-0.3, -0.25) is 24.2 Å². The zero-order valence-electron chi connectivity index (χ0n) is 20.8. The number of aryl methyl sites for hydroxylation is 1. The number of amides is 1. The van der Waals surface area contributed by atoms with E-state index in [-0.39, 0.29) is 46.0 Å². The second-order valence-electron chi connectivity index (χ2n) is 9.27. The fourth-order valence-corrected chi connectivity index (χ4v) is 4.48. The molecule has 2 aromatic carbocycles. The normalized spacial score (nSPS) is 15.4. The molecule has 1 aliphatic heterocycles. The van der Waals surface area contributed by atoms with E-state index < -0.39 is 5.56 Å². The Labute approximate surface area is 209 Å². The Morgan fingerprint density at radius 1 is 1.08 bits per heavy atom. The summed E-state index contributed by atoms with van der Waals surface area (Å²) in [4.78, 5) is 40.7. The zero-order chi connectivity index (χ0) is 25.8. The molecular formula is C27H32N4O5. The number of para-hydroxylation sites is 1. The van der Waals surface area contributed by atoms with Gasteiger partial charge in [-0.05, 0) is 36.0 Å². The van der Waals surface area contributed by atoms with Gasteiger partial charge in [0, 0.05) is 25.7 Å². The number of aromatic nitrogens is 2. The van der Waals surface area contributed by atoms with Crippen LogP contribution < -0.4 is 16.4 Å². The molecule has 1 fully saturated rings. The number of ether oxygens (including phenoxy) is 1. The fourth-order valence-electron chi connectivity index (χ4n) is 4.48. The van der Waals surface area contributed by atoms with Crippen LogP contribution in [-0.4, -0.2) is 52.0 Å². The summed E-state index contributed by atoms with van der Waals surface area (Å²) in [6.07, 6.45) is 0.344. The topological polar surface area (TPSA) is 117 Å². The van der Waals surface area contributed by atoms with E-state index in [1.165, 1.54) is 7.05 Å². The number of hydrogen-bond donors (Lipinski definition) is 3. The third-order valence-corrected chi connectivity index (χ3v) is 6.89. The third-order valence-electron chi connectivity index (χ3n) is 6.89. The lowest BCUT2D eigenvalue weighted by Gasteiger charge is -2.27. The molecule has 0 radical (unpaired) electrons. The summed E-state index contributed by atoms with van der Waals surface area (Å²) in [5.74, 6) is -0.397.